The second-order valence-corrected chi connectivity index (χ2v) is 3.33. The van der Waals surface area contributed by atoms with Gasteiger partial charge in [0, 0.05) is 17.5 Å². The normalized spacial score (nSPS) is 8.79. The molecule has 0 spiro atoms. The summed E-state index contributed by atoms with van der Waals surface area (Å²) < 4.78 is 0. The van der Waals surface area contributed by atoms with Crippen LogP contribution in [0.5, 0.6) is 0 Å². The highest BCUT2D eigenvalue weighted by molar-refractivity contribution is 9.08. The van der Waals surface area contributed by atoms with E-state index in [1.165, 1.54) is 18.6 Å². The zero-order valence-corrected chi connectivity index (χ0v) is 9.95. The van der Waals surface area contributed by atoms with E-state index >= 15 is 0 Å². The first-order chi connectivity index (χ1) is 6.65. The van der Waals surface area contributed by atoms with Crippen molar-refractivity contribution < 1.29 is 4.92 Å². The van der Waals surface area contributed by atoms with Crippen molar-refractivity contribution >= 4 is 21.6 Å². The van der Waals surface area contributed by atoms with E-state index in [1.807, 2.05) is 0 Å². The topological polar surface area (TPSA) is 43.1 Å². The molecule has 0 N–H and O–H groups in total. The number of rotatable bonds is 2. The predicted octanol–water partition coefficient (Wildman–Crippen LogP) is 3.91. The molecule has 0 aromatic heterocycles. The average molecular weight is 260 g/mol. The Kier molecular flexibility index (Phi) is 7.02. The van der Waals surface area contributed by atoms with Crippen LogP contribution in [0.3, 0.4) is 0 Å². The molecule has 14 heavy (non-hydrogen) atoms. The molecule has 0 atom stereocenters. The Bertz CT molecular complexity index is 272. The van der Waals surface area contributed by atoms with Gasteiger partial charge in [0.05, 0.1) is 4.92 Å². The van der Waals surface area contributed by atoms with Crippen LogP contribution in [0.25, 0.3) is 0 Å². The van der Waals surface area contributed by atoms with Gasteiger partial charge in [0.15, 0.2) is 0 Å². The van der Waals surface area contributed by atoms with Crippen molar-refractivity contribution in [3.63, 3.8) is 0 Å². The lowest BCUT2D eigenvalue weighted by Crippen LogP contribution is -1.87. The SMILES string of the molecule is CCC.O=[N+]([O-])c1ccc(CBr)cc1. The molecule has 0 fully saturated rings. The molecule has 0 aliphatic carbocycles. The van der Waals surface area contributed by atoms with Crippen LogP contribution in [0.2, 0.25) is 0 Å². The summed E-state index contributed by atoms with van der Waals surface area (Å²) in [5.74, 6) is 0. The molecule has 0 bridgehead atoms. The van der Waals surface area contributed by atoms with Crippen LogP contribution in [0.1, 0.15) is 25.8 Å². The van der Waals surface area contributed by atoms with Gasteiger partial charge in [-0.15, -0.1) is 0 Å². The molecular formula is C10H14BrNO2. The van der Waals surface area contributed by atoms with E-state index in [0.717, 1.165) is 10.9 Å². The van der Waals surface area contributed by atoms with Gasteiger partial charge in [-0.3, -0.25) is 10.1 Å². The third-order valence-electron chi connectivity index (χ3n) is 1.30. The number of nitro groups is 1. The smallest absolute Gasteiger partial charge is 0.258 e. The quantitative estimate of drug-likeness (QED) is 0.459. The van der Waals surface area contributed by atoms with E-state index in [0.29, 0.717) is 0 Å². The maximum atomic E-state index is 10.2. The summed E-state index contributed by atoms with van der Waals surface area (Å²) in [4.78, 5) is 9.79. The maximum Gasteiger partial charge on any atom is 0.269 e. The maximum absolute atomic E-state index is 10.2. The van der Waals surface area contributed by atoms with Crippen LogP contribution in [0.15, 0.2) is 24.3 Å². The first-order valence-electron chi connectivity index (χ1n) is 4.45. The highest BCUT2D eigenvalue weighted by Crippen LogP contribution is 2.13. The summed E-state index contributed by atoms with van der Waals surface area (Å²) >= 11 is 3.25. The summed E-state index contributed by atoms with van der Waals surface area (Å²) in [6.07, 6.45) is 1.25. The first kappa shape index (κ1) is 13.1. The molecule has 0 saturated carbocycles. The summed E-state index contributed by atoms with van der Waals surface area (Å²) in [5.41, 5.74) is 1.17. The monoisotopic (exact) mass is 259 g/mol. The Hall–Kier alpha value is -0.900. The number of benzene rings is 1. The van der Waals surface area contributed by atoms with Crippen molar-refractivity contribution in [2.75, 3.05) is 0 Å². The lowest BCUT2D eigenvalue weighted by molar-refractivity contribution is -0.384. The fourth-order valence-electron chi connectivity index (χ4n) is 0.707. The number of hydrogen-bond acceptors (Lipinski definition) is 2. The minimum absolute atomic E-state index is 0.134. The second-order valence-electron chi connectivity index (χ2n) is 2.76. The van der Waals surface area contributed by atoms with Crippen LogP contribution < -0.4 is 0 Å². The number of hydrogen-bond donors (Lipinski definition) is 0. The van der Waals surface area contributed by atoms with Gasteiger partial charge in [-0.25, -0.2) is 0 Å². The summed E-state index contributed by atoms with van der Waals surface area (Å²) in [6.45, 7) is 4.25. The Morgan fingerprint density at radius 3 is 2.00 bits per heavy atom. The predicted molar refractivity (Wildman–Crippen MR) is 61.7 cm³/mol. The minimum atomic E-state index is -0.405. The molecule has 0 aliphatic heterocycles. The van der Waals surface area contributed by atoms with Crippen molar-refractivity contribution in [2.24, 2.45) is 0 Å². The lowest BCUT2D eigenvalue weighted by atomic mass is 10.2. The van der Waals surface area contributed by atoms with Gasteiger partial charge in [-0.2, -0.15) is 0 Å². The van der Waals surface area contributed by atoms with E-state index in [2.05, 4.69) is 29.8 Å². The van der Waals surface area contributed by atoms with Gasteiger partial charge in [-0.1, -0.05) is 48.3 Å². The van der Waals surface area contributed by atoms with Crippen molar-refractivity contribution in [3.8, 4) is 0 Å². The van der Waals surface area contributed by atoms with E-state index in [9.17, 15) is 10.1 Å². The Morgan fingerprint density at radius 2 is 1.71 bits per heavy atom. The molecule has 0 amide bonds. The molecule has 1 aromatic rings. The first-order valence-corrected chi connectivity index (χ1v) is 5.57. The number of alkyl halides is 1. The van der Waals surface area contributed by atoms with Crippen LogP contribution in [-0.4, -0.2) is 4.92 Å². The lowest BCUT2D eigenvalue weighted by Gasteiger charge is -1.92. The highest BCUT2D eigenvalue weighted by Gasteiger charge is 2.02. The largest absolute Gasteiger partial charge is 0.269 e. The zero-order valence-electron chi connectivity index (χ0n) is 8.37. The van der Waals surface area contributed by atoms with Gasteiger partial charge < -0.3 is 0 Å². The van der Waals surface area contributed by atoms with Gasteiger partial charge in [-0.05, 0) is 5.56 Å². The fourth-order valence-corrected chi connectivity index (χ4v) is 1.08. The number of nitrogens with zero attached hydrogens (tertiary/aromatic N) is 1. The molecule has 1 aromatic carbocycles. The molecule has 1 rings (SSSR count). The van der Waals surface area contributed by atoms with Crippen molar-refractivity contribution in [1.29, 1.82) is 0 Å². The summed E-state index contributed by atoms with van der Waals surface area (Å²) in [5, 5.41) is 10.9. The minimum Gasteiger partial charge on any atom is -0.258 e. The fraction of sp³-hybridized carbons (Fsp3) is 0.400. The number of halogens is 1. The standard InChI is InChI=1S/C7H6BrNO2.C3H8/c8-5-6-1-3-7(4-2-6)9(10)11;1-3-2/h1-4H,5H2;3H2,1-2H3. The zero-order chi connectivity index (χ0) is 11.0. The molecule has 0 radical (unpaired) electrons. The molecule has 4 heteroatoms. The number of non-ortho nitro benzene ring substituents is 1. The van der Waals surface area contributed by atoms with Crippen LogP contribution in [-0.2, 0) is 5.33 Å². The Labute approximate surface area is 92.4 Å². The van der Waals surface area contributed by atoms with Gasteiger partial charge in [0.1, 0.15) is 0 Å². The summed E-state index contributed by atoms with van der Waals surface area (Å²) in [6, 6.07) is 6.45. The number of nitro benzene ring substituents is 1. The van der Waals surface area contributed by atoms with Crippen molar-refractivity contribution in [3.05, 3.63) is 39.9 Å². The average Bonchev–Trinajstić information content (AvgIpc) is 2.19. The van der Waals surface area contributed by atoms with Crippen LogP contribution >= 0.6 is 15.9 Å². The van der Waals surface area contributed by atoms with E-state index < -0.39 is 4.92 Å². The molecule has 0 saturated heterocycles. The molecule has 78 valence electrons. The van der Waals surface area contributed by atoms with Gasteiger partial charge >= 0.3 is 0 Å². The molecule has 3 nitrogen and oxygen atoms in total. The van der Waals surface area contributed by atoms with Crippen LogP contribution in [0.4, 0.5) is 5.69 Å². The molecule has 0 heterocycles. The third kappa shape index (κ3) is 4.97. The van der Waals surface area contributed by atoms with Gasteiger partial charge in [0.2, 0.25) is 0 Å². The van der Waals surface area contributed by atoms with Crippen molar-refractivity contribution in [2.45, 2.75) is 25.6 Å². The third-order valence-corrected chi connectivity index (χ3v) is 1.95. The second kappa shape index (κ2) is 7.50. The van der Waals surface area contributed by atoms with Gasteiger partial charge in [0.25, 0.3) is 5.69 Å². The molecular weight excluding hydrogens is 246 g/mol. The summed E-state index contributed by atoms with van der Waals surface area (Å²) in [7, 11) is 0. The Morgan fingerprint density at radius 1 is 1.29 bits per heavy atom. The molecule has 0 unspecified atom stereocenters. The van der Waals surface area contributed by atoms with Crippen LogP contribution in [0, 0.1) is 10.1 Å². The molecule has 0 aliphatic rings. The Balaban J connectivity index is 0.000000500. The van der Waals surface area contributed by atoms with E-state index in [4.69, 9.17) is 0 Å². The van der Waals surface area contributed by atoms with E-state index in [-0.39, 0.29) is 5.69 Å². The van der Waals surface area contributed by atoms with E-state index in [1.54, 1.807) is 12.1 Å². The van der Waals surface area contributed by atoms with Crippen molar-refractivity contribution in [1.82, 2.24) is 0 Å². The highest BCUT2D eigenvalue weighted by atomic mass is 79.9.